The number of halogens is 1. The van der Waals surface area contributed by atoms with Crippen LogP contribution in [-0.2, 0) is 6.54 Å². The minimum absolute atomic E-state index is 0.171. The molecule has 0 aliphatic carbocycles. The Labute approximate surface area is 131 Å². The van der Waals surface area contributed by atoms with E-state index < -0.39 is 0 Å². The summed E-state index contributed by atoms with van der Waals surface area (Å²) in [4.78, 5) is 6.85. The Hall–Kier alpha value is -0.450. The van der Waals surface area contributed by atoms with E-state index in [1.165, 1.54) is 5.56 Å². The second kappa shape index (κ2) is 5.74. The molecular weight excluding hydrogens is 314 g/mol. The van der Waals surface area contributed by atoms with Crippen LogP contribution in [0.1, 0.15) is 40.2 Å². The molecule has 0 aromatic carbocycles. The van der Waals surface area contributed by atoms with Gasteiger partial charge in [0.05, 0.1) is 0 Å². The van der Waals surface area contributed by atoms with Gasteiger partial charge in [0.25, 0.3) is 0 Å². The Bertz CT molecular complexity index is 465. The first-order chi connectivity index (χ1) is 9.18. The van der Waals surface area contributed by atoms with Crippen molar-refractivity contribution in [1.29, 1.82) is 0 Å². The molecule has 0 spiro atoms. The molecule has 112 valence electrons. The lowest BCUT2D eigenvalue weighted by Gasteiger charge is -2.49. The zero-order valence-corrected chi connectivity index (χ0v) is 14.8. The van der Waals surface area contributed by atoms with Gasteiger partial charge in [-0.15, -0.1) is 0 Å². The average molecular weight is 340 g/mol. The Kier molecular flexibility index (Phi) is 4.57. The third kappa shape index (κ3) is 3.80. The fraction of sp³-hybridized carbons (Fsp3) is 0.688. The molecular formula is C16H26BrN3. The molecule has 3 nitrogen and oxygen atoms in total. The summed E-state index contributed by atoms with van der Waals surface area (Å²) in [5.41, 5.74) is 1.72. The number of nitrogens with zero attached hydrogens (tertiary/aromatic N) is 2. The van der Waals surface area contributed by atoms with Crippen LogP contribution in [-0.4, -0.2) is 34.6 Å². The largest absolute Gasteiger partial charge is 0.310 e. The summed E-state index contributed by atoms with van der Waals surface area (Å²) < 4.78 is 1.05. The van der Waals surface area contributed by atoms with Gasteiger partial charge < -0.3 is 5.32 Å². The van der Waals surface area contributed by atoms with E-state index in [1.807, 2.05) is 12.4 Å². The smallest absolute Gasteiger partial charge is 0.0410 e. The monoisotopic (exact) mass is 339 g/mol. The maximum atomic E-state index is 4.28. The highest BCUT2D eigenvalue weighted by Crippen LogP contribution is 2.28. The number of nitrogens with one attached hydrogen (secondary N) is 1. The molecule has 0 amide bonds. The molecule has 0 radical (unpaired) electrons. The van der Waals surface area contributed by atoms with Gasteiger partial charge in [-0.2, -0.15) is 0 Å². The van der Waals surface area contributed by atoms with Gasteiger partial charge in [-0.25, -0.2) is 0 Å². The van der Waals surface area contributed by atoms with E-state index >= 15 is 0 Å². The Morgan fingerprint density at radius 3 is 2.70 bits per heavy atom. The molecule has 0 bridgehead atoms. The van der Waals surface area contributed by atoms with Gasteiger partial charge in [0.2, 0.25) is 0 Å². The van der Waals surface area contributed by atoms with Crippen molar-refractivity contribution in [1.82, 2.24) is 15.2 Å². The molecule has 1 unspecified atom stereocenters. The van der Waals surface area contributed by atoms with Crippen molar-refractivity contribution >= 4 is 15.9 Å². The van der Waals surface area contributed by atoms with Crippen molar-refractivity contribution in [3.8, 4) is 0 Å². The first-order valence-electron chi connectivity index (χ1n) is 7.26. The summed E-state index contributed by atoms with van der Waals surface area (Å²) in [7, 11) is 0. The molecule has 2 rings (SSSR count). The van der Waals surface area contributed by atoms with E-state index in [-0.39, 0.29) is 11.0 Å². The fourth-order valence-corrected chi connectivity index (χ4v) is 3.05. The van der Waals surface area contributed by atoms with Crippen molar-refractivity contribution in [2.45, 2.75) is 52.7 Å². The number of piperazine rings is 1. The molecule has 1 aliphatic heterocycles. The normalized spacial score (nSPS) is 23.8. The maximum absolute atomic E-state index is 4.28. The number of hydrogen-bond donors (Lipinski definition) is 1. The van der Waals surface area contributed by atoms with Crippen molar-refractivity contribution in [3.63, 3.8) is 0 Å². The molecule has 1 fully saturated rings. The predicted octanol–water partition coefficient (Wildman–Crippen LogP) is 3.44. The van der Waals surface area contributed by atoms with Crippen LogP contribution in [0.4, 0.5) is 0 Å². The first kappa shape index (κ1) is 15.9. The van der Waals surface area contributed by atoms with E-state index in [2.05, 4.69) is 71.8 Å². The van der Waals surface area contributed by atoms with Crippen LogP contribution in [0, 0.1) is 5.41 Å². The number of pyridine rings is 1. The van der Waals surface area contributed by atoms with Crippen LogP contribution in [0.3, 0.4) is 0 Å². The Balaban J connectivity index is 2.14. The second-order valence-corrected chi connectivity index (χ2v) is 8.42. The van der Waals surface area contributed by atoms with Gasteiger partial charge in [-0.3, -0.25) is 9.88 Å². The third-order valence-electron chi connectivity index (χ3n) is 4.22. The van der Waals surface area contributed by atoms with Crippen molar-refractivity contribution in [3.05, 3.63) is 28.5 Å². The highest BCUT2D eigenvalue weighted by Gasteiger charge is 2.38. The van der Waals surface area contributed by atoms with Crippen molar-refractivity contribution in [2.75, 3.05) is 13.1 Å². The van der Waals surface area contributed by atoms with E-state index in [1.54, 1.807) is 0 Å². The quantitative estimate of drug-likeness (QED) is 0.894. The fourth-order valence-electron chi connectivity index (χ4n) is 2.64. The van der Waals surface area contributed by atoms with Gasteiger partial charge >= 0.3 is 0 Å². The molecule has 1 aromatic heterocycles. The highest BCUT2D eigenvalue weighted by molar-refractivity contribution is 9.10. The van der Waals surface area contributed by atoms with Gasteiger partial charge in [0.1, 0.15) is 0 Å². The highest BCUT2D eigenvalue weighted by atomic mass is 79.9. The summed E-state index contributed by atoms with van der Waals surface area (Å²) in [5.74, 6) is 0. The SMILES string of the molecule is CC(C)(C)C1CN(Cc2cncc(Br)c2)C(C)(C)CN1. The zero-order valence-electron chi connectivity index (χ0n) is 13.2. The van der Waals surface area contributed by atoms with Gasteiger partial charge in [0, 0.05) is 48.1 Å². The molecule has 2 heterocycles. The van der Waals surface area contributed by atoms with Crippen LogP contribution in [0.2, 0.25) is 0 Å². The summed E-state index contributed by atoms with van der Waals surface area (Å²) in [6.45, 7) is 14.6. The minimum Gasteiger partial charge on any atom is -0.310 e. The number of rotatable bonds is 2. The molecule has 0 saturated carbocycles. The molecule has 1 atom stereocenters. The van der Waals surface area contributed by atoms with Gasteiger partial charge in [-0.1, -0.05) is 20.8 Å². The first-order valence-corrected chi connectivity index (χ1v) is 8.06. The Morgan fingerprint density at radius 2 is 2.10 bits per heavy atom. The molecule has 1 N–H and O–H groups in total. The standard InChI is InChI=1S/C16H26BrN3/c1-15(2,3)14-10-20(16(4,5)11-19-14)9-12-6-13(17)8-18-7-12/h6-8,14,19H,9-11H2,1-5H3. The summed E-state index contributed by atoms with van der Waals surface area (Å²) >= 11 is 3.51. The molecule has 4 heteroatoms. The summed E-state index contributed by atoms with van der Waals surface area (Å²) in [5, 5.41) is 3.71. The molecule has 1 aliphatic rings. The lowest BCUT2D eigenvalue weighted by Crippen LogP contribution is -2.64. The third-order valence-corrected chi connectivity index (χ3v) is 4.65. The number of aromatic nitrogens is 1. The Morgan fingerprint density at radius 1 is 1.40 bits per heavy atom. The van der Waals surface area contributed by atoms with Crippen LogP contribution < -0.4 is 5.32 Å². The van der Waals surface area contributed by atoms with Crippen LogP contribution in [0.15, 0.2) is 22.9 Å². The average Bonchev–Trinajstić information content (AvgIpc) is 2.30. The topological polar surface area (TPSA) is 28.2 Å². The van der Waals surface area contributed by atoms with Gasteiger partial charge in [-0.05, 0) is 46.8 Å². The molecule has 20 heavy (non-hydrogen) atoms. The minimum atomic E-state index is 0.171. The van der Waals surface area contributed by atoms with E-state index in [0.29, 0.717) is 6.04 Å². The van der Waals surface area contributed by atoms with E-state index in [0.717, 1.165) is 24.1 Å². The lowest BCUT2D eigenvalue weighted by atomic mass is 9.82. The van der Waals surface area contributed by atoms with Crippen molar-refractivity contribution in [2.24, 2.45) is 5.41 Å². The van der Waals surface area contributed by atoms with Crippen molar-refractivity contribution < 1.29 is 0 Å². The molecule has 1 aromatic rings. The second-order valence-electron chi connectivity index (χ2n) is 7.50. The molecule has 1 saturated heterocycles. The van der Waals surface area contributed by atoms with E-state index in [9.17, 15) is 0 Å². The zero-order chi connectivity index (χ0) is 15.0. The predicted molar refractivity (Wildman–Crippen MR) is 87.7 cm³/mol. The number of hydrogen-bond acceptors (Lipinski definition) is 3. The lowest BCUT2D eigenvalue weighted by molar-refractivity contribution is 0.0295. The maximum Gasteiger partial charge on any atom is 0.0410 e. The van der Waals surface area contributed by atoms with E-state index in [4.69, 9.17) is 0 Å². The summed E-state index contributed by atoms with van der Waals surface area (Å²) in [6, 6.07) is 2.69. The van der Waals surface area contributed by atoms with Crippen LogP contribution >= 0.6 is 15.9 Å². The summed E-state index contributed by atoms with van der Waals surface area (Å²) in [6.07, 6.45) is 3.80. The van der Waals surface area contributed by atoms with Crippen LogP contribution in [0.25, 0.3) is 0 Å². The van der Waals surface area contributed by atoms with Gasteiger partial charge in [0.15, 0.2) is 0 Å². The van der Waals surface area contributed by atoms with Crippen LogP contribution in [0.5, 0.6) is 0 Å².